The zero-order valence-corrected chi connectivity index (χ0v) is 9.66. The van der Waals surface area contributed by atoms with Crippen molar-refractivity contribution in [3.63, 3.8) is 0 Å². The zero-order chi connectivity index (χ0) is 11.7. The number of anilines is 1. The third kappa shape index (κ3) is 1.60. The number of hydrogen-bond acceptors (Lipinski definition) is 4. The van der Waals surface area contributed by atoms with Gasteiger partial charge in [-0.05, 0) is 18.6 Å². The Labute approximate surface area is 94.6 Å². The molecule has 1 heterocycles. The highest BCUT2D eigenvalue weighted by Gasteiger charge is 2.30. The van der Waals surface area contributed by atoms with Crippen molar-refractivity contribution in [2.24, 2.45) is 0 Å². The lowest BCUT2D eigenvalue weighted by Crippen LogP contribution is -2.28. The van der Waals surface area contributed by atoms with Gasteiger partial charge < -0.3 is 14.8 Å². The van der Waals surface area contributed by atoms with Crippen molar-refractivity contribution in [1.29, 1.82) is 0 Å². The SMILES string of the molecule is COC(=O)C1Cc2c(OC)ccc(C)c2N1. The summed E-state index contributed by atoms with van der Waals surface area (Å²) in [5.74, 6) is 0.581. The Balaban J connectivity index is 2.35. The van der Waals surface area contributed by atoms with Gasteiger partial charge in [-0.3, -0.25) is 0 Å². The maximum Gasteiger partial charge on any atom is 0.328 e. The number of carbonyl (C=O) groups is 1. The van der Waals surface area contributed by atoms with Gasteiger partial charge in [0, 0.05) is 17.7 Å². The van der Waals surface area contributed by atoms with E-state index < -0.39 is 0 Å². The monoisotopic (exact) mass is 221 g/mol. The molecule has 16 heavy (non-hydrogen) atoms. The van der Waals surface area contributed by atoms with Crippen LogP contribution in [0, 0.1) is 6.92 Å². The van der Waals surface area contributed by atoms with Gasteiger partial charge in [0.25, 0.3) is 0 Å². The summed E-state index contributed by atoms with van der Waals surface area (Å²) in [6, 6.07) is 3.61. The number of hydrogen-bond donors (Lipinski definition) is 1. The number of fused-ring (bicyclic) bond motifs is 1. The average Bonchev–Trinajstić information content (AvgIpc) is 2.74. The number of carbonyl (C=O) groups excluding carboxylic acids is 1. The summed E-state index contributed by atoms with van der Waals surface area (Å²) in [6.45, 7) is 2.00. The molecule has 0 spiro atoms. The predicted octanol–water partition coefficient (Wildman–Crippen LogP) is 1.51. The largest absolute Gasteiger partial charge is 0.496 e. The molecular formula is C12H15NO3. The fourth-order valence-electron chi connectivity index (χ4n) is 2.05. The smallest absolute Gasteiger partial charge is 0.328 e. The summed E-state index contributed by atoms with van der Waals surface area (Å²) >= 11 is 0. The summed E-state index contributed by atoms with van der Waals surface area (Å²) in [6.07, 6.45) is 0.618. The van der Waals surface area contributed by atoms with Gasteiger partial charge in [0.15, 0.2) is 0 Å². The van der Waals surface area contributed by atoms with E-state index in [2.05, 4.69) is 5.32 Å². The molecule has 1 atom stereocenters. The third-order valence-electron chi connectivity index (χ3n) is 2.91. The van der Waals surface area contributed by atoms with Crippen molar-refractivity contribution in [1.82, 2.24) is 0 Å². The van der Waals surface area contributed by atoms with Crippen LogP contribution < -0.4 is 10.1 Å². The van der Waals surface area contributed by atoms with E-state index >= 15 is 0 Å². The van der Waals surface area contributed by atoms with E-state index in [1.807, 2.05) is 19.1 Å². The lowest BCUT2D eigenvalue weighted by atomic mass is 10.1. The number of nitrogens with one attached hydrogen (secondary N) is 1. The van der Waals surface area contributed by atoms with E-state index in [-0.39, 0.29) is 12.0 Å². The van der Waals surface area contributed by atoms with Crippen LogP contribution in [0.25, 0.3) is 0 Å². The van der Waals surface area contributed by atoms with Crippen molar-refractivity contribution in [3.8, 4) is 5.75 Å². The molecule has 4 heteroatoms. The standard InChI is InChI=1S/C12H15NO3/c1-7-4-5-10(15-2)8-6-9(12(14)16-3)13-11(7)8/h4-5,9,13H,6H2,1-3H3. The third-order valence-corrected chi connectivity index (χ3v) is 2.91. The van der Waals surface area contributed by atoms with Crippen molar-refractivity contribution in [2.45, 2.75) is 19.4 Å². The average molecular weight is 221 g/mol. The quantitative estimate of drug-likeness (QED) is 0.769. The van der Waals surface area contributed by atoms with Gasteiger partial charge in [-0.25, -0.2) is 4.79 Å². The van der Waals surface area contributed by atoms with Gasteiger partial charge in [-0.1, -0.05) is 6.07 Å². The van der Waals surface area contributed by atoms with Crippen molar-refractivity contribution in [2.75, 3.05) is 19.5 Å². The van der Waals surface area contributed by atoms with E-state index in [0.29, 0.717) is 6.42 Å². The molecule has 0 bridgehead atoms. The number of methoxy groups -OCH3 is 2. The lowest BCUT2D eigenvalue weighted by Gasteiger charge is -2.09. The van der Waals surface area contributed by atoms with Crippen molar-refractivity contribution >= 4 is 11.7 Å². The van der Waals surface area contributed by atoms with Gasteiger partial charge in [0.05, 0.1) is 14.2 Å². The first-order valence-corrected chi connectivity index (χ1v) is 5.18. The maximum atomic E-state index is 11.5. The summed E-state index contributed by atoms with van der Waals surface area (Å²) in [7, 11) is 3.04. The maximum absolute atomic E-state index is 11.5. The second-order valence-electron chi connectivity index (χ2n) is 3.86. The number of rotatable bonds is 2. The molecule has 1 N–H and O–H groups in total. The molecule has 0 saturated carbocycles. The van der Waals surface area contributed by atoms with Gasteiger partial charge in [-0.15, -0.1) is 0 Å². The molecule has 0 fully saturated rings. The molecule has 1 aliphatic rings. The fourth-order valence-corrected chi connectivity index (χ4v) is 2.05. The van der Waals surface area contributed by atoms with Gasteiger partial charge in [0.2, 0.25) is 0 Å². The number of esters is 1. The summed E-state index contributed by atoms with van der Waals surface area (Å²) in [5.41, 5.74) is 3.16. The molecule has 0 aromatic heterocycles. The Kier molecular flexibility index (Phi) is 2.73. The van der Waals surface area contributed by atoms with Crippen LogP contribution in [0.5, 0.6) is 5.75 Å². The van der Waals surface area contributed by atoms with E-state index in [1.54, 1.807) is 7.11 Å². The first-order valence-electron chi connectivity index (χ1n) is 5.18. The molecule has 0 saturated heterocycles. The Morgan fingerprint density at radius 3 is 2.81 bits per heavy atom. The van der Waals surface area contributed by atoms with Crippen LogP contribution >= 0.6 is 0 Å². The first kappa shape index (κ1) is 10.8. The highest BCUT2D eigenvalue weighted by molar-refractivity contribution is 5.84. The van der Waals surface area contributed by atoms with E-state index in [9.17, 15) is 4.79 Å². The molecule has 86 valence electrons. The van der Waals surface area contributed by atoms with Crippen LogP contribution in [-0.4, -0.2) is 26.2 Å². The molecule has 0 amide bonds. The molecule has 1 aromatic rings. The van der Waals surface area contributed by atoms with Gasteiger partial charge in [-0.2, -0.15) is 0 Å². The molecular weight excluding hydrogens is 206 g/mol. The molecule has 2 rings (SSSR count). The Morgan fingerprint density at radius 1 is 1.44 bits per heavy atom. The Hall–Kier alpha value is -1.71. The number of benzene rings is 1. The normalized spacial score (nSPS) is 17.6. The van der Waals surface area contributed by atoms with Crippen LogP contribution in [0.2, 0.25) is 0 Å². The first-order chi connectivity index (χ1) is 7.67. The van der Waals surface area contributed by atoms with Crippen LogP contribution in [0.15, 0.2) is 12.1 Å². The topological polar surface area (TPSA) is 47.6 Å². The molecule has 1 aromatic carbocycles. The second-order valence-corrected chi connectivity index (χ2v) is 3.86. The highest BCUT2D eigenvalue weighted by atomic mass is 16.5. The predicted molar refractivity (Wildman–Crippen MR) is 60.9 cm³/mol. The Morgan fingerprint density at radius 2 is 2.19 bits per heavy atom. The number of aryl methyl sites for hydroxylation is 1. The van der Waals surface area contributed by atoms with E-state index in [4.69, 9.17) is 9.47 Å². The molecule has 1 aliphatic heterocycles. The summed E-state index contributed by atoms with van der Waals surface area (Å²) in [5, 5.41) is 3.17. The van der Waals surface area contributed by atoms with Crippen molar-refractivity contribution in [3.05, 3.63) is 23.3 Å². The van der Waals surface area contributed by atoms with Crippen LogP contribution in [0.4, 0.5) is 5.69 Å². The number of ether oxygens (including phenoxy) is 2. The zero-order valence-electron chi connectivity index (χ0n) is 9.66. The van der Waals surface area contributed by atoms with Gasteiger partial charge in [0.1, 0.15) is 11.8 Å². The van der Waals surface area contributed by atoms with Gasteiger partial charge >= 0.3 is 5.97 Å². The minimum atomic E-state index is -0.296. The second kappa shape index (κ2) is 4.04. The molecule has 0 aliphatic carbocycles. The minimum absolute atomic E-state index is 0.238. The van der Waals surface area contributed by atoms with E-state index in [0.717, 1.165) is 22.6 Å². The van der Waals surface area contributed by atoms with Crippen LogP contribution in [0.3, 0.4) is 0 Å². The van der Waals surface area contributed by atoms with Crippen LogP contribution in [-0.2, 0) is 16.0 Å². The lowest BCUT2D eigenvalue weighted by molar-refractivity contribution is -0.141. The molecule has 1 unspecified atom stereocenters. The minimum Gasteiger partial charge on any atom is -0.496 e. The van der Waals surface area contributed by atoms with Crippen LogP contribution in [0.1, 0.15) is 11.1 Å². The molecule has 0 radical (unpaired) electrons. The van der Waals surface area contributed by atoms with E-state index in [1.165, 1.54) is 7.11 Å². The van der Waals surface area contributed by atoms with Crippen molar-refractivity contribution < 1.29 is 14.3 Å². The summed E-state index contributed by atoms with van der Waals surface area (Å²) < 4.78 is 10.0. The highest BCUT2D eigenvalue weighted by Crippen LogP contribution is 2.36. The molecule has 4 nitrogen and oxygen atoms in total. The summed E-state index contributed by atoms with van der Waals surface area (Å²) in [4.78, 5) is 11.5. The fraction of sp³-hybridized carbons (Fsp3) is 0.417. The Bertz CT molecular complexity index is 429.